The van der Waals surface area contributed by atoms with E-state index in [1.807, 2.05) is 25.1 Å². The topological polar surface area (TPSA) is 33.1 Å². The quantitative estimate of drug-likeness (QED) is 0.795. The first-order chi connectivity index (χ1) is 6.61. The smallest absolute Gasteiger partial charge is 0.0546 e. The molecule has 2 heteroatoms. The Balaban J connectivity index is 2.65. The highest BCUT2D eigenvalue weighted by atomic mass is 16.3. The summed E-state index contributed by atoms with van der Waals surface area (Å²) in [7, 11) is 0. The van der Waals surface area contributed by atoms with Gasteiger partial charge in [0.2, 0.25) is 0 Å². The van der Waals surface area contributed by atoms with Gasteiger partial charge in [-0.2, -0.15) is 0 Å². The Bertz CT molecular complexity index is 248. The average molecular weight is 193 g/mol. The fraction of sp³-hybridized carbons (Fsp3) is 0.583. The van der Waals surface area contributed by atoms with E-state index in [0.717, 1.165) is 12.1 Å². The van der Waals surface area contributed by atoms with Crippen LogP contribution in [0.25, 0.3) is 0 Å². The van der Waals surface area contributed by atoms with Crippen molar-refractivity contribution in [3.05, 3.63) is 30.1 Å². The van der Waals surface area contributed by atoms with Crippen molar-refractivity contribution in [2.45, 2.75) is 33.3 Å². The molecule has 2 unspecified atom stereocenters. The van der Waals surface area contributed by atoms with Crippen LogP contribution in [0.3, 0.4) is 0 Å². The zero-order valence-corrected chi connectivity index (χ0v) is 9.14. The molecule has 0 aliphatic carbocycles. The predicted molar refractivity (Wildman–Crippen MR) is 57.9 cm³/mol. The lowest BCUT2D eigenvalue weighted by Crippen LogP contribution is -2.24. The molecule has 0 radical (unpaired) electrons. The molecule has 0 saturated heterocycles. The fourth-order valence-corrected chi connectivity index (χ4v) is 1.72. The van der Waals surface area contributed by atoms with Gasteiger partial charge in [-0.15, -0.1) is 0 Å². The van der Waals surface area contributed by atoms with Crippen LogP contribution in [0.15, 0.2) is 24.4 Å². The third kappa shape index (κ3) is 3.11. The number of nitrogens with zero attached hydrogens (tertiary/aromatic N) is 1. The molecular formula is C12H19NO. The summed E-state index contributed by atoms with van der Waals surface area (Å²) in [6, 6.07) is 5.91. The van der Waals surface area contributed by atoms with Crippen LogP contribution in [0.1, 0.15) is 26.5 Å². The maximum atomic E-state index is 9.62. The zero-order chi connectivity index (χ0) is 10.6. The summed E-state index contributed by atoms with van der Waals surface area (Å²) in [4.78, 5) is 4.27. The van der Waals surface area contributed by atoms with Crippen molar-refractivity contribution in [1.29, 1.82) is 0 Å². The summed E-state index contributed by atoms with van der Waals surface area (Å²) < 4.78 is 0. The number of hydrogen-bond donors (Lipinski definition) is 1. The molecule has 1 N–H and O–H groups in total. The molecule has 0 aliphatic heterocycles. The largest absolute Gasteiger partial charge is 0.393 e. The SMILES string of the molecule is CC(C)C(Cc1ccccn1)C(C)O. The van der Waals surface area contributed by atoms with Gasteiger partial charge in [0, 0.05) is 11.9 Å². The van der Waals surface area contributed by atoms with E-state index < -0.39 is 0 Å². The Labute approximate surface area is 86.0 Å². The van der Waals surface area contributed by atoms with Crippen LogP contribution in [0.2, 0.25) is 0 Å². The molecule has 0 aliphatic rings. The van der Waals surface area contributed by atoms with Crippen molar-refractivity contribution in [2.24, 2.45) is 11.8 Å². The van der Waals surface area contributed by atoms with E-state index in [1.165, 1.54) is 0 Å². The maximum Gasteiger partial charge on any atom is 0.0546 e. The van der Waals surface area contributed by atoms with Gasteiger partial charge >= 0.3 is 0 Å². The number of pyridine rings is 1. The van der Waals surface area contributed by atoms with E-state index in [9.17, 15) is 5.11 Å². The third-order valence-electron chi connectivity index (χ3n) is 2.65. The second-order valence-corrected chi connectivity index (χ2v) is 4.17. The molecule has 14 heavy (non-hydrogen) atoms. The van der Waals surface area contributed by atoms with E-state index in [0.29, 0.717) is 11.8 Å². The Hall–Kier alpha value is -0.890. The molecule has 0 amide bonds. The minimum atomic E-state index is -0.267. The molecule has 0 spiro atoms. The van der Waals surface area contributed by atoms with Gasteiger partial charge in [-0.25, -0.2) is 0 Å². The summed E-state index contributed by atoms with van der Waals surface area (Å²) in [6.45, 7) is 6.13. The first kappa shape index (κ1) is 11.2. The van der Waals surface area contributed by atoms with Gasteiger partial charge in [0.05, 0.1) is 6.10 Å². The van der Waals surface area contributed by atoms with Crippen LogP contribution in [0, 0.1) is 11.8 Å². The highest BCUT2D eigenvalue weighted by Crippen LogP contribution is 2.19. The van der Waals surface area contributed by atoms with Gasteiger partial charge in [0.25, 0.3) is 0 Å². The van der Waals surface area contributed by atoms with Crippen LogP contribution in [0.5, 0.6) is 0 Å². The fourth-order valence-electron chi connectivity index (χ4n) is 1.72. The molecule has 2 atom stereocenters. The average Bonchev–Trinajstić information content (AvgIpc) is 2.15. The normalized spacial score (nSPS) is 15.5. The molecule has 0 aromatic carbocycles. The van der Waals surface area contributed by atoms with Gasteiger partial charge in [-0.3, -0.25) is 4.98 Å². The van der Waals surface area contributed by atoms with Crippen LogP contribution in [-0.4, -0.2) is 16.2 Å². The third-order valence-corrected chi connectivity index (χ3v) is 2.65. The molecule has 1 aromatic rings. The maximum absolute atomic E-state index is 9.62. The first-order valence-corrected chi connectivity index (χ1v) is 5.19. The Kier molecular flexibility index (Phi) is 4.08. The lowest BCUT2D eigenvalue weighted by atomic mass is 9.87. The zero-order valence-electron chi connectivity index (χ0n) is 9.14. The Morgan fingerprint density at radius 2 is 2.00 bits per heavy atom. The highest BCUT2D eigenvalue weighted by molar-refractivity contribution is 5.04. The monoisotopic (exact) mass is 193 g/mol. The minimum Gasteiger partial charge on any atom is -0.393 e. The summed E-state index contributed by atoms with van der Waals surface area (Å²) in [5, 5.41) is 9.62. The first-order valence-electron chi connectivity index (χ1n) is 5.19. The van der Waals surface area contributed by atoms with Crippen molar-refractivity contribution >= 4 is 0 Å². The lowest BCUT2D eigenvalue weighted by molar-refractivity contribution is 0.0971. The molecule has 1 aromatic heterocycles. The van der Waals surface area contributed by atoms with E-state index in [4.69, 9.17) is 0 Å². The number of rotatable bonds is 4. The molecule has 2 nitrogen and oxygen atoms in total. The van der Waals surface area contributed by atoms with Crippen molar-refractivity contribution in [2.75, 3.05) is 0 Å². The molecular weight excluding hydrogens is 174 g/mol. The van der Waals surface area contributed by atoms with E-state index in [2.05, 4.69) is 18.8 Å². The van der Waals surface area contributed by atoms with Crippen LogP contribution >= 0.6 is 0 Å². The summed E-state index contributed by atoms with van der Waals surface area (Å²) in [5.74, 6) is 0.780. The summed E-state index contributed by atoms with van der Waals surface area (Å²) in [6.07, 6.45) is 2.39. The number of hydrogen-bond acceptors (Lipinski definition) is 2. The molecule has 1 heterocycles. The molecule has 0 saturated carbocycles. The van der Waals surface area contributed by atoms with Crippen LogP contribution in [0.4, 0.5) is 0 Å². The second kappa shape index (κ2) is 5.11. The molecule has 1 rings (SSSR count). The predicted octanol–water partition coefficient (Wildman–Crippen LogP) is 2.28. The summed E-state index contributed by atoms with van der Waals surface area (Å²) >= 11 is 0. The number of aliphatic hydroxyl groups excluding tert-OH is 1. The van der Waals surface area contributed by atoms with Gasteiger partial charge < -0.3 is 5.11 Å². The van der Waals surface area contributed by atoms with Crippen LogP contribution < -0.4 is 0 Å². The standard InChI is InChI=1S/C12H19NO/c1-9(2)12(10(3)14)8-11-6-4-5-7-13-11/h4-7,9-10,12,14H,8H2,1-3H3. The van der Waals surface area contributed by atoms with Gasteiger partial charge in [0.1, 0.15) is 0 Å². The number of aromatic nitrogens is 1. The minimum absolute atomic E-state index is 0.267. The molecule has 0 fully saturated rings. The Morgan fingerprint density at radius 3 is 2.43 bits per heavy atom. The van der Waals surface area contributed by atoms with Crippen molar-refractivity contribution in [3.63, 3.8) is 0 Å². The second-order valence-electron chi connectivity index (χ2n) is 4.17. The summed E-state index contributed by atoms with van der Waals surface area (Å²) in [5.41, 5.74) is 1.06. The van der Waals surface area contributed by atoms with Crippen LogP contribution in [-0.2, 0) is 6.42 Å². The van der Waals surface area contributed by atoms with Crippen molar-refractivity contribution in [1.82, 2.24) is 4.98 Å². The van der Waals surface area contributed by atoms with Crippen molar-refractivity contribution < 1.29 is 5.11 Å². The van der Waals surface area contributed by atoms with Crippen molar-refractivity contribution in [3.8, 4) is 0 Å². The Morgan fingerprint density at radius 1 is 1.29 bits per heavy atom. The van der Waals surface area contributed by atoms with Gasteiger partial charge in [-0.05, 0) is 37.3 Å². The van der Waals surface area contributed by atoms with Gasteiger partial charge in [-0.1, -0.05) is 19.9 Å². The molecule has 78 valence electrons. The van der Waals surface area contributed by atoms with E-state index >= 15 is 0 Å². The van der Waals surface area contributed by atoms with E-state index in [1.54, 1.807) is 6.20 Å². The molecule has 0 bridgehead atoms. The highest BCUT2D eigenvalue weighted by Gasteiger charge is 2.19. The lowest BCUT2D eigenvalue weighted by Gasteiger charge is -2.23. The van der Waals surface area contributed by atoms with E-state index in [-0.39, 0.29) is 6.10 Å². The van der Waals surface area contributed by atoms with Gasteiger partial charge in [0.15, 0.2) is 0 Å². The number of aliphatic hydroxyl groups is 1.